The number of carbonyl (C=O) groups excluding carboxylic acids is 3. The molecule has 4 rings (SSSR count). The highest BCUT2D eigenvalue weighted by molar-refractivity contribution is 6.32. The van der Waals surface area contributed by atoms with Gasteiger partial charge in [-0.15, -0.1) is 0 Å². The van der Waals surface area contributed by atoms with Crippen LogP contribution in [-0.4, -0.2) is 29.4 Å². The lowest BCUT2D eigenvalue weighted by Crippen LogP contribution is -2.30. The van der Waals surface area contributed by atoms with Gasteiger partial charge < -0.3 is 15.4 Å². The first-order valence-corrected chi connectivity index (χ1v) is 10.6. The van der Waals surface area contributed by atoms with E-state index < -0.39 is 17.8 Å². The summed E-state index contributed by atoms with van der Waals surface area (Å²) >= 11 is 6.27. The molecule has 1 aliphatic rings. The topological polar surface area (TPSA) is 87.7 Å². The van der Waals surface area contributed by atoms with Crippen LogP contribution in [0.25, 0.3) is 6.08 Å². The van der Waals surface area contributed by atoms with Crippen molar-refractivity contribution in [2.75, 3.05) is 11.9 Å². The second kappa shape index (κ2) is 10.2. The van der Waals surface area contributed by atoms with Crippen LogP contribution in [0, 0.1) is 5.82 Å². The van der Waals surface area contributed by atoms with Gasteiger partial charge in [-0.2, -0.15) is 0 Å². The third kappa shape index (κ3) is 5.60. The molecule has 0 spiro atoms. The van der Waals surface area contributed by atoms with Gasteiger partial charge in [0.2, 0.25) is 0 Å². The van der Waals surface area contributed by atoms with Crippen molar-refractivity contribution in [3.8, 4) is 5.75 Å². The number of benzene rings is 3. The van der Waals surface area contributed by atoms with Gasteiger partial charge in [0.05, 0.1) is 11.6 Å². The first-order valence-electron chi connectivity index (χ1n) is 10.3. The zero-order valence-electron chi connectivity index (χ0n) is 17.8. The summed E-state index contributed by atoms with van der Waals surface area (Å²) in [7, 11) is 0. The summed E-state index contributed by atoms with van der Waals surface area (Å²) in [4.78, 5) is 38.0. The normalized spacial score (nSPS) is 14.3. The Kier molecular flexibility index (Phi) is 6.89. The number of hydrogen-bond acceptors (Lipinski definition) is 4. The van der Waals surface area contributed by atoms with Crippen LogP contribution in [0.1, 0.15) is 11.1 Å². The second-order valence-electron chi connectivity index (χ2n) is 7.40. The predicted octanol–water partition coefficient (Wildman–Crippen LogP) is 4.59. The molecule has 0 radical (unpaired) electrons. The van der Waals surface area contributed by atoms with Crippen LogP contribution in [0.15, 0.2) is 78.5 Å². The van der Waals surface area contributed by atoms with Crippen LogP contribution in [0.4, 0.5) is 14.9 Å². The standard InChI is InChI=1S/C25H19ClFN3O4/c26-20-12-17(8-11-22(20)34-15-23(31)28-19-4-2-1-3-5-19)13-21-24(32)30(25(33)29-21)14-16-6-9-18(27)10-7-16/h1-13H,14-15H2,(H,28,31)(H,29,33)/b21-13-. The third-order valence-corrected chi connectivity index (χ3v) is 5.19. The largest absolute Gasteiger partial charge is 0.482 e. The number of anilines is 1. The van der Waals surface area contributed by atoms with Gasteiger partial charge in [-0.3, -0.25) is 14.5 Å². The Morgan fingerprint density at radius 1 is 1.06 bits per heavy atom. The first-order chi connectivity index (χ1) is 16.4. The summed E-state index contributed by atoms with van der Waals surface area (Å²) < 4.78 is 18.6. The number of urea groups is 1. The number of ether oxygens (including phenoxy) is 1. The molecule has 1 aliphatic heterocycles. The molecular formula is C25H19ClFN3O4. The van der Waals surface area contributed by atoms with Gasteiger partial charge in [0, 0.05) is 5.69 Å². The lowest BCUT2D eigenvalue weighted by Gasteiger charge is -2.11. The quantitative estimate of drug-likeness (QED) is 0.383. The van der Waals surface area contributed by atoms with E-state index in [4.69, 9.17) is 16.3 Å². The summed E-state index contributed by atoms with van der Waals surface area (Å²) in [6.45, 7) is -0.219. The van der Waals surface area contributed by atoms with Gasteiger partial charge in [0.25, 0.3) is 11.8 Å². The Labute approximate surface area is 199 Å². The SMILES string of the molecule is O=C(COc1ccc(/C=C2\NC(=O)N(Cc3ccc(F)cc3)C2=O)cc1Cl)Nc1ccccc1. The van der Waals surface area contributed by atoms with Gasteiger partial charge in [-0.1, -0.05) is 48.0 Å². The average molecular weight is 480 g/mol. The number of amides is 4. The number of nitrogens with one attached hydrogen (secondary N) is 2. The molecule has 1 saturated heterocycles. The summed E-state index contributed by atoms with van der Waals surface area (Å²) in [6.07, 6.45) is 1.49. The molecule has 0 saturated carbocycles. The Morgan fingerprint density at radius 2 is 1.79 bits per heavy atom. The summed E-state index contributed by atoms with van der Waals surface area (Å²) in [5, 5.41) is 5.47. The maximum absolute atomic E-state index is 13.1. The number of halogens is 2. The summed E-state index contributed by atoms with van der Waals surface area (Å²) in [6, 6.07) is 18.7. The van der Waals surface area contributed by atoms with Gasteiger partial charge in [0.1, 0.15) is 17.3 Å². The predicted molar refractivity (Wildman–Crippen MR) is 125 cm³/mol. The van der Waals surface area contributed by atoms with Crippen molar-refractivity contribution >= 4 is 41.2 Å². The minimum atomic E-state index is -0.573. The van der Waals surface area contributed by atoms with Crippen molar-refractivity contribution < 1.29 is 23.5 Å². The second-order valence-corrected chi connectivity index (χ2v) is 7.81. The molecule has 0 atom stereocenters. The number of rotatable bonds is 7. The van der Waals surface area contributed by atoms with Gasteiger partial charge in [-0.25, -0.2) is 9.18 Å². The van der Waals surface area contributed by atoms with E-state index in [-0.39, 0.29) is 29.8 Å². The van der Waals surface area contributed by atoms with E-state index in [9.17, 15) is 18.8 Å². The van der Waals surface area contributed by atoms with E-state index in [1.54, 1.807) is 42.5 Å². The van der Waals surface area contributed by atoms with Crippen LogP contribution >= 0.6 is 11.6 Å². The van der Waals surface area contributed by atoms with Crippen LogP contribution < -0.4 is 15.4 Å². The van der Waals surface area contributed by atoms with E-state index >= 15 is 0 Å². The number of nitrogens with zero attached hydrogens (tertiary/aromatic N) is 1. The van der Waals surface area contributed by atoms with E-state index in [0.717, 1.165) is 4.90 Å². The van der Waals surface area contributed by atoms with Gasteiger partial charge in [0.15, 0.2) is 6.61 Å². The zero-order chi connectivity index (χ0) is 24.1. The molecule has 3 aromatic rings. The molecule has 4 amide bonds. The molecule has 34 heavy (non-hydrogen) atoms. The molecular weight excluding hydrogens is 461 g/mol. The maximum Gasteiger partial charge on any atom is 0.329 e. The molecule has 7 nitrogen and oxygen atoms in total. The van der Waals surface area contributed by atoms with Crippen LogP contribution in [0.5, 0.6) is 5.75 Å². The fraction of sp³-hybridized carbons (Fsp3) is 0.0800. The van der Waals surface area contributed by atoms with Crippen LogP contribution in [0.2, 0.25) is 5.02 Å². The summed E-state index contributed by atoms with van der Waals surface area (Å²) in [5.74, 6) is -0.952. The number of carbonyl (C=O) groups is 3. The minimum absolute atomic E-state index is 0.0147. The summed E-state index contributed by atoms with van der Waals surface area (Å²) in [5.41, 5.74) is 1.91. The van der Waals surface area contributed by atoms with Crippen molar-refractivity contribution in [3.63, 3.8) is 0 Å². The first kappa shape index (κ1) is 23.0. The van der Waals surface area contributed by atoms with Crippen molar-refractivity contribution in [1.29, 1.82) is 0 Å². The van der Waals surface area contributed by atoms with Crippen molar-refractivity contribution in [2.45, 2.75) is 6.54 Å². The van der Waals surface area contributed by atoms with Crippen molar-refractivity contribution in [2.24, 2.45) is 0 Å². The number of imide groups is 1. The Balaban J connectivity index is 1.38. The number of hydrogen-bond donors (Lipinski definition) is 2. The van der Waals surface area contributed by atoms with E-state index in [1.165, 1.54) is 30.3 Å². The lowest BCUT2D eigenvalue weighted by molar-refractivity contribution is -0.123. The zero-order valence-corrected chi connectivity index (χ0v) is 18.5. The fourth-order valence-electron chi connectivity index (χ4n) is 3.24. The fourth-order valence-corrected chi connectivity index (χ4v) is 3.48. The molecule has 9 heteroatoms. The molecule has 0 aliphatic carbocycles. The molecule has 1 fully saturated rings. The Bertz CT molecular complexity index is 1260. The molecule has 0 aromatic heterocycles. The Morgan fingerprint density at radius 3 is 2.50 bits per heavy atom. The minimum Gasteiger partial charge on any atom is -0.482 e. The van der Waals surface area contributed by atoms with Crippen LogP contribution in [0.3, 0.4) is 0 Å². The number of para-hydroxylation sites is 1. The highest BCUT2D eigenvalue weighted by Gasteiger charge is 2.33. The molecule has 3 aromatic carbocycles. The molecule has 172 valence electrons. The smallest absolute Gasteiger partial charge is 0.329 e. The van der Waals surface area contributed by atoms with Crippen molar-refractivity contribution in [1.82, 2.24) is 10.2 Å². The molecule has 0 unspecified atom stereocenters. The van der Waals surface area contributed by atoms with Gasteiger partial charge in [-0.05, 0) is 53.6 Å². The lowest BCUT2D eigenvalue weighted by atomic mass is 10.1. The monoisotopic (exact) mass is 479 g/mol. The van der Waals surface area contributed by atoms with Crippen LogP contribution in [-0.2, 0) is 16.1 Å². The maximum atomic E-state index is 13.1. The van der Waals surface area contributed by atoms with Gasteiger partial charge >= 0.3 is 6.03 Å². The molecule has 1 heterocycles. The van der Waals surface area contributed by atoms with E-state index in [2.05, 4.69) is 10.6 Å². The average Bonchev–Trinajstić information content (AvgIpc) is 3.08. The van der Waals surface area contributed by atoms with Crippen molar-refractivity contribution in [3.05, 3.63) is 100 Å². The van der Waals surface area contributed by atoms with E-state index in [1.807, 2.05) is 6.07 Å². The molecule has 0 bridgehead atoms. The third-order valence-electron chi connectivity index (χ3n) is 4.90. The highest BCUT2D eigenvalue weighted by Crippen LogP contribution is 2.27. The highest BCUT2D eigenvalue weighted by atomic mass is 35.5. The Hall–Kier alpha value is -4.17. The molecule has 2 N–H and O–H groups in total. The van der Waals surface area contributed by atoms with E-state index in [0.29, 0.717) is 22.6 Å².